The summed E-state index contributed by atoms with van der Waals surface area (Å²) in [7, 11) is 0. The minimum Gasteiger partial charge on any atom is -0.373 e. The topological polar surface area (TPSA) is 55.6 Å². The molecule has 1 aliphatic heterocycles. The maximum Gasteiger partial charge on any atom is 0.265 e. The summed E-state index contributed by atoms with van der Waals surface area (Å²) >= 11 is 7.30. The van der Waals surface area contributed by atoms with Crippen molar-refractivity contribution in [2.45, 2.75) is 6.10 Å². The quantitative estimate of drug-likeness (QED) is 0.869. The van der Waals surface area contributed by atoms with Crippen molar-refractivity contribution in [1.82, 2.24) is 4.90 Å². The van der Waals surface area contributed by atoms with Gasteiger partial charge in [-0.2, -0.15) is 0 Å². The Hall–Kier alpha value is -0.620. The second kappa shape index (κ2) is 5.14. The molecular weight excluding hydrogens is 248 g/mol. The predicted octanol–water partition coefficient (Wildman–Crippen LogP) is 1.20. The van der Waals surface area contributed by atoms with Crippen LogP contribution in [0, 0.1) is 0 Å². The molecule has 1 aliphatic rings. The number of ether oxygens (including phenoxy) is 1. The first-order valence-electron chi connectivity index (χ1n) is 5.06. The van der Waals surface area contributed by atoms with Gasteiger partial charge in [0.2, 0.25) is 0 Å². The van der Waals surface area contributed by atoms with Crippen LogP contribution in [0.25, 0.3) is 0 Å². The molecule has 2 rings (SSSR count). The molecule has 1 amide bonds. The lowest BCUT2D eigenvalue weighted by atomic mass is 10.2. The van der Waals surface area contributed by atoms with Crippen molar-refractivity contribution in [3.63, 3.8) is 0 Å². The fourth-order valence-electron chi connectivity index (χ4n) is 1.64. The summed E-state index contributed by atoms with van der Waals surface area (Å²) in [6.07, 6.45) is -0.0589. The van der Waals surface area contributed by atoms with Gasteiger partial charge in [-0.05, 0) is 11.4 Å². The minimum absolute atomic E-state index is 0.0262. The Morgan fingerprint density at radius 1 is 1.75 bits per heavy atom. The first kappa shape index (κ1) is 11.9. The molecule has 0 aromatic carbocycles. The molecule has 1 atom stereocenters. The number of hydrogen-bond donors (Lipinski definition) is 1. The summed E-state index contributed by atoms with van der Waals surface area (Å²) < 4.78 is 5.41. The first-order valence-corrected chi connectivity index (χ1v) is 6.32. The van der Waals surface area contributed by atoms with Crippen molar-refractivity contribution in [1.29, 1.82) is 0 Å². The smallest absolute Gasteiger partial charge is 0.265 e. The molecule has 88 valence electrons. The van der Waals surface area contributed by atoms with Gasteiger partial charge in [0.05, 0.1) is 17.7 Å². The molecule has 16 heavy (non-hydrogen) atoms. The van der Waals surface area contributed by atoms with Crippen LogP contribution in [0.1, 0.15) is 9.67 Å². The Balaban J connectivity index is 2.07. The lowest BCUT2D eigenvalue weighted by Crippen LogP contribution is -2.48. The highest BCUT2D eigenvalue weighted by molar-refractivity contribution is 7.12. The Labute approximate surface area is 103 Å². The largest absolute Gasteiger partial charge is 0.373 e. The number of carbonyl (C=O) groups excluding carboxylic acids is 1. The average molecular weight is 261 g/mol. The van der Waals surface area contributed by atoms with E-state index in [0.717, 1.165) is 0 Å². The fraction of sp³-hybridized carbons (Fsp3) is 0.500. The second-order valence-corrected chi connectivity index (χ2v) is 4.90. The number of thiophene rings is 1. The first-order chi connectivity index (χ1) is 7.72. The zero-order valence-electron chi connectivity index (χ0n) is 8.69. The van der Waals surface area contributed by atoms with Gasteiger partial charge in [-0.25, -0.2) is 0 Å². The molecule has 0 radical (unpaired) electrons. The van der Waals surface area contributed by atoms with Gasteiger partial charge in [0.1, 0.15) is 4.88 Å². The molecule has 2 heterocycles. The number of amides is 1. The van der Waals surface area contributed by atoms with E-state index in [0.29, 0.717) is 36.1 Å². The van der Waals surface area contributed by atoms with Crippen LogP contribution in [-0.2, 0) is 4.74 Å². The summed E-state index contributed by atoms with van der Waals surface area (Å²) in [4.78, 5) is 14.4. The zero-order chi connectivity index (χ0) is 11.5. The summed E-state index contributed by atoms with van der Waals surface area (Å²) in [5.41, 5.74) is 5.53. The number of carbonyl (C=O) groups is 1. The predicted molar refractivity (Wildman–Crippen MR) is 64.0 cm³/mol. The van der Waals surface area contributed by atoms with Gasteiger partial charge in [-0.3, -0.25) is 4.79 Å². The van der Waals surface area contributed by atoms with Gasteiger partial charge in [0, 0.05) is 19.6 Å². The Bertz CT molecular complexity index is 383. The summed E-state index contributed by atoms with van der Waals surface area (Å²) in [5, 5.41) is 2.34. The molecule has 0 saturated carbocycles. The van der Waals surface area contributed by atoms with Gasteiger partial charge in [-0.15, -0.1) is 11.3 Å². The van der Waals surface area contributed by atoms with E-state index >= 15 is 0 Å². The molecule has 0 bridgehead atoms. The van der Waals surface area contributed by atoms with Gasteiger partial charge in [-0.1, -0.05) is 11.6 Å². The van der Waals surface area contributed by atoms with Crippen LogP contribution in [0.3, 0.4) is 0 Å². The maximum atomic E-state index is 12.1. The van der Waals surface area contributed by atoms with E-state index < -0.39 is 0 Å². The van der Waals surface area contributed by atoms with Gasteiger partial charge >= 0.3 is 0 Å². The van der Waals surface area contributed by atoms with Crippen molar-refractivity contribution in [3.8, 4) is 0 Å². The van der Waals surface area contributed by atoms with Crippen LogP contribution in [0.2, 0.25) is 5.02 Å². The third kappa shape index (κ3) is 2.38. The van der Waals surface area contributed by atoms with Crippen molar-refractivity contribution >= 4 is 28.8 Å². The van der Waals surface area contributed by atoms with Crippen molar-refractivity contribution in [2.24, 2.45) is 5.73 Å². The Morgan fingerprint density at radius 3 is 3.19 bits per heavy atom. The van der Waals surface area contributed by atoms with Crippen molar-refractivity contribution in [3.05, 3.63) is 21.3 Å². The standard InChI is InChI=1S/C10H13ClN2O2S/c11-8-1-4-16-9(8)10(14)13-2-3-15-7(5-12)6-13/h1,4,7H,2-3,5-6,12H2. The number of morpholine rings is 1. The number of rotatable bonds is 2. The van der Waals surface area contributed by atoms with Crippen LogP contribution in [0.4, 0.5) is 0 Å². The van der Waals surface area contributed by atoms with E-state index in [2.05, 4.69) is 0 Å². The summed E-state index contributed by atoms with van der Waals surface area (Å²) in [6.45, 7) is 2.12. The van der Waals surface area contributed by atoms with Crippen molar-refractivity contribution < 1.29 is 9.53 Å². The van der Waals surface area contributed by atoms with Crippen LogP contribution in [-0.4, -0.2) is 43.2 Å². The molecule has 6 heteroatoms. The molecule has 4 nitrogen and oxygen atoms in total. The molecule has 0 aliphatic carbocycles. The third-order valence-corrected chi connectivity index (χ3v) is 3.83. The maximum absolute atomic E-state index is 12.1. The highest BCUT2D eigenvalue weighted by Gasteiger charge is 2.25. The van der Waals surface area contributed by atoms with Crippen LogP contribution in [0.5, 0.6) is 0 Å². The van der Waals surface area contributed by atoms with Crippen molar-refractivity contribution in [2.75, 3.05) is 26.2 Å². The highest BCUT2D eigenvalue weighted by Crippen LogP contribution is 2.24. The van der Waals surface area contributed by atoms with Crippen LogP contribution < -0.4 is 5.73 Å². The van der Waals surface area contributed by atoms with E-state index in [9.17, 15) is 4.79 Å². The SMILES string of the molecule is NCC1CN(C(=O)c2sccc2Cl)CCO1. The van der Waals surface area contributed by atoms with Gasteiger partial charge in [0.15, 0.2) is 0 Å². The molecular formula is C10H13ClN2O2S. The van der Waals surface area contributed by atoms with E-state index in [1.54, 1.807) is 11.0 Å². The Morgan fingerprint density at radius 2 is 2.56 bits per heavy atom. The Kier molecular flexibility index (Phi) is 3.81. The molecule has 1 fully saturated rings. The molecule has 1 saturated heterocycles. The third-order valence-electron chi connectivity index (χ3n) is 2.50. The van der Waals surface area contributed by atoms with E-state index in [1.807, 2.05) is 5.38 Å². The van der Waals surface area contributed by atoms with Crippen LogP contribution >= 0.6 is 22.9 Å². The van der Waals surface area contributed by atoms with Crippen LogP contribution in [0.15, 0.2) is 11.4 Å². The highest BCUT2D eigenvalue weighted by atomic mass is 35.5. The monoisotopic (exact) mass is 260 g/mol. The normalized spacial score (nSPS) is 21.1. The molecule has 2 N–H and O–H groups in total. The summed E-state index contributed by atoms with van der Waals surface area (Å²) in [5.74, 6) is -0.0262. The number of hydrogen-bond acceptors (Lipinski definition) is 4. The number of nitrogens with two attached hydrogens (primary N) is 1. The molecule has 0 spiro atoms. The second-order valence-electron chi connectivity index (χ2n) is 3.58. The molecule has 1 aromatic heterocycles. The fourth-order valence-corrected chi connectivity index (χ4v) is 2.74. The lowest BCUT2D eigenvalue weighted by molar-refractivity contribution is -0.0165. The van der Waals surface area contributed by atoms with E-state index in [1.165, 1.54) is 11.3 Å². The number of halogens is 1. The van der Waals surface area contributed by atoms with Gasteiger partial charge < -0.3 is 15.4 Å². The lowest BCUT2D eigenvalue weighted by Gasteiger charge is -2.32. The zero-order valence-corrected chi connectivity index (χ0v) is 10.3. The molecule has 1 aromatic rings. The molecule has 1 unspecified atom stereocenters. The minimum atomic E-state index is -0.0589. The van der Waals surface area contributed by atoms with E-state index in [4.69, 9.17) is 22.1 Å². The van der Waals surface area contributed by atoms with E-state index in [-0.39, 0.29) is 12.0 Å². The average Bonchev–Trinajstić information content (AvgIpc) is 2.74. The summed E-state index contributed by atoms with van der Waals surface area (Å²) in [6, 6.07) is 1.74. The number of nitrogens with zero attached hydrogens (tertiary/aromatic N) is 1. The van der Waals surface area contributed by atoms with Gasteiger partial charge in [0.25, 0.3) is 5.91 Å².